The molecule has 0 aliphatic carbocycles. The molecule has 22 heavy (non-hydrogen) atoms. The number of rotatable bonds is 2. The Morgan fingerprint density at radius 1 is 1.50 bits per heavy atom. The van der Waals surface area contributed by atoms with E-state index < -0.39 is 23.8 Å². The van der Waals surface area contributed by atoms with Gasteiger partial charge in [-0.3, -0.25) is 4.79 Å². The van der Waals surface area contributed by atoms with Crippen LogP contribution in [0.5, 0.6) is 0 Å². The number of benzene rings is 1. The van der Waals surface area contributed by atoms with Crippen LogP contribution in [0.25, 0.3) is 0 Å². The molecule has 1 N–H and O–H groups in total. The molecule has 1 aromatic carbocycles. The van der Waals surface area contributed by atoms with Gasteiger partial charge in [0.25, 0.3) is 5.91 Å². The largest absolute Gasteiger partial charge is 0.418 e. The lowest BCUT2D eigenvalue weighted by Crippen LogP contribution is -2.49. The summed E-state index contributed by atoms with van der Waals surface area (Å²) in [4.78, 5) is 13.0. The highest BCUT2D eigenvalue weighted by Gasteiger charge is 2.36. The molecule has 1 fully saturated rings. The minimum Gasteiger partial charge on any atom is -0.366 e. The van der Waals surface area contributed by atoms with Crippen molar-refractivity contribution in [1.82, 2.24) is 5.32 Å². The molecule has 2 rings (SSSR count). The van der Waals surface area contributed by atoms with Crippen LogP contribution >= 0.6 is 0 Å². The number of anilines is 1. The second-order valence-corrected chi connectivity index (χ2v) is 4.76. The van der Waals surface area contributed by atoms with Gasteiger partial charge in [-0.05, 0) is 18.2 Å². The molecule has 1 heterocycles. The smallest absolute Gasteiger partial charge is 0.366 e. The number of nitrogens with one attached hydrogen (secondary N) is 1. The zero-order valence-corrected chi connectivity index (χ0v) is 11.8. The van der Waals surface area contributed by atoms with E-state index in [-0.39, 0.29) is 30.9 Å². The fourth-order valence-corrected chi connectivity index (χ4v) is 2.29. The summed E-state index contributed by atoms with van der Waals surface area (Å²) < 4.78 is 44.7. The summed E-state index contributed by atoms with van der Waals surface area (Å²) in [5.41, 5.74) is -0.807. The predicted molar refractivity (Wildman–Crippen MR) is 72.2 cm³/mol. The van der Waals surface area contributed by atoms with E-state index in [0.29, 0.717) is 0 Å². The lowest BCUT2D eigenvalue weighted by Gasteiger charge is -2.35. The fourth-order valence-electron chi connectivity index (χ4n) is 2.29. The Hall–Kier alpha value is -2.27. The Labute approximate surface area is 125 Å². The van der Waals surface area contributed by atoms with E-state index in [1.165, 1.54) is 18.0 Å². The minimum absolute atomic E-state index is 0.00235. The van der Waals surface area contributed by atoms with Crippen molar-refractivity contribution in [3.05, 3.63) is 29.3 Å². The summed E-state index contributed by atoms with van der Waals surface area (Å²) in [6.45, 7) is 0.343. The monoisotopic (exact) mass is 313 g/mol. The van der Waals surface area contributed by atoms with E-state index in [4.69, 9.17) is 10.00 Å². The maximum absolute atomic E-state index is 13.1. The predicted octanol–water partition coefficient (Wildman–Crippen LogP) is 1.53. The van der Waals surface area contributed by atoms with Gasteiger partial charge in [-0.1, -0.05) is 0 Å². The van der Waals surface area contributed by atoms with E-state index >= 15 is 0 Å². The number of carbonyl (C=O) groups excluding carboxylic acids is 1. The number of nitrogens with zero attached hydrogens (tertiary/aromatic N) is 2. The van der Waals surface area contributed by atoms with Crippen LogP contribution in [0.1, 0.15) is 11.1 Å². The molecule has 1 atom stereocenters. The number of hydrogen-bond acceptors (Lipinski definition) is 4. The van der Waals surface area contributed by atoms with E-state index in [1.807, 2.05) is 6.07 Å². The Balaban J connectivity index is 2.38. The molecule has 1 amide bonds. The molecular weight excluding hydrogens is 299 g/mol. The molecule has 0 aromatic heterocycles. The third-order valence-corrected chi connectivity index (χ3v) is 3.38. The third-order valence-electron chi connectivity index (χ3n) is 3.38. The Kier molecular flexibility index (Phi) is 4.56. The van der Waals surface area contributed by atoms with Crippen molar-refractivity contribution in [3.63, 3.8) is 0 Å². The highest BCUT2D eigenvalue weighted by molar-refractivity contribution is 5.81. The summed E-state index contributed by atoms with van der Waals surface area (Å²) in [5, 5.41) is 11.3. The molecule has 0 saturated carbocycles. The standard InChI is InChI=1S/C14H14F3N3O2/c1-19-13(21)12-8-20(4-5-22-12)11-6-9(7-18)2-3-10(11)14(15,16)17/h2-3,6,12H,4-5,8H2,1H3,(H,19,21). The lowest BCUT2D eigenvalue weighted by molar-refractivity contribution is -0.137. The topological polar surface area (TPSA) is 65.4 Å². The molecule has 0 bridgehead atoms. The van der Waals surface area contributed by atoms with Crippen molar-refractivity contribution in [2.45, 2.75) is 12.3 Å². The van der Waals surface area contributed by atoms with Crippen LogP contribution in [-0.2, 0) is 15.7 Å². The second kappa shape index (κ2) is 6.23. The number of nitriles is 1. The maximum Gasteiger partial charge on any atom is 0.418 e. The summed E-state index contributed by atoms with van der Waals surface area (Å²) in [7, 11) is 1.43. The van der Waals surface area contributed by atoms with Crippen molar-refractivity contribution in [2.75, 3.05) is 31.6 Å². The maximum atomic E-state index is 13.1. The summed E-state index contributed by atoms with van der Waals surface area (Å²) in [6.07, 6.45) is -5.38. The van der Waals surface area contributed by atoms with Gasteiger partial charge < -0.3 is 15.0 Å². The zero-order valence-electron chi connectivity index (χ0n) is 11.8. The van der Waals surface area contributed by atoms with Crippen LogP contribution in [0.4, 0.5) is 18.9 Å². The highest BCUT2D eigenvalue weighted by Crippen LogP contribution is 2.37. The van der Waals surface area contributed by atoms with Crippen LogP contribution in [0.3, 0.4) is 0 Å². The number of hydrogen-bond donors (Lipinski definition) is 1. The van der Waals surface area contributed by atoms with Crippen LogP contribution in [-0.4, -0.2) is 38.8 Å². The number of ether oxygens (including phenoxy) is 1. The minimum atomic E-state index is -4.54. The average Bonchev–Trinajstić information content (AvgIpc) is 2.52. The molecule has 1 unspecified atom stereocenters. The second-order valence-electron chi connectivity index (χ2n) is 4.76. The van der Waals surface area contributed by atoms with Gasteiger partial charge in [0.05, 0.1) is 36.0 Å². The number of morpholine rings is 1. The normalized spacial score (nSPS) is 18.7. The Morgan fingerprint density at radius 2 is 2.23 bits per heavy atom. The molecular formula is C14H14F3N3O2. The first-order valence-corrected chi connectivity index (χ1v) is 6.56. The summed E-state index contributed by atoms with van der Waals surface area (Å²) in [5.74, 6) is -0.394. The number of alkyl halides is 3. The van der Waals surface area contributed by atoms with Gasteiger partial charge in [-0.25, -0.2) is 0 Å². The fraction of sp³-hybridized carbons (Fsp3) is 0.429. The van der Waals surface area contributed by atoms with Crippen molar-refractivity contribution >= 4 is 11.6 Å². The Morgan fingerprint density at radius 3 is 2.82 bits per heavy atom. The molecule has 1 aliphatic rings. The van der Waals surface area contributed by atoms with Gasteiger partial charge in [0.2, 0.25) is 0 Å². The van der Waals surface area contributed by atoms with Crippen LogP contribution in [0.2, 0.25) is 0 Å². The highest BCUT2D eigenvalue weighted by atomic mass is 19.4. The van der Waals surface area contributed by atoms with Crippen molar-refractivity contribution in [2.24, 2.45) is 0 Å². The molecule has 118 valence electrons. The zero-order chi connectivity index (χ0) is 16.3. The number of amides is 1. The van der Waals surface area contributed by atoms with Crippen molar-refractivity contribution in [3.8, 4) is 6.07 Å². The van der Waals surface area contributed by atoms with E-state index in [9.17, 15) is 18.0 Å². The van der Waals surface area contributed by atoms with Gasteiger partial charge in [-0.2, -0.15) is 18.4 Å². The number of likely N-dealkylation sites (N-methyl/N-ethyl adjacent to an activating group) is 1. The molecule has 0 radical (unpaired) electrons. The molecule has 5 nitrogen and oxygen atoms in total. The molecule has 1 aromatic rings. The first-order valence-electron chi connectivity index (χ1n) is 6.56. The van der Waals surface area contributed by atoms with E-state index in [1.54, 1.807) is 0 Å². The van der Waals surface area contributed by atoms with Crippen LogP contribution in [0.15, 0.2) is 18.2 Å². The van der Waals surface area contributed by atoms with Crippen LogP contribution in [0, 0.1) is 11.3 Å². The summed E-state index contributed by atoms with van der Waals surface area (Å²) >= 11 is 0. The van der Waals surface area contributed by atoms with Gasteiger partial charge in [0, 0.05) is 13.6 Å². The van der Waals surface area contributed by atoms with Crippen molar-refractivity contribution < 1.29 is 22.7 Å². The van der Waals surface area contributed by atoms with Gasteiger partial charge in [0.1, 0.15) is 0 Å². The molecule has 1 aliphatic heterocycles. The lowest BCUT2D eigenvalue weighted by atomic mass is 10.1. The molecule has 0 spiro atoms. The Bertz CT molecular complexity index is 610. The average molecular weight is 313 g/mol. The van der Waals surface area contributed by atoms with Gasteiger partial charge in [-0.15, -0.1) is 0 Å². The number of carbonyl (C=O) groups is 1. The SMILES string of the molecule is CNC(=O)C1CN(c2cc(C#N)ccc2C(F)(F)F)CCO1. The van der Waals surface area contributed by atoms with Gasteiger partial charge in [0.15, 0.2) is 6.10 Å². The van der Waals surface area contributed by atoms with E-state index in [2.05, 4.69) is 5.32 Å². The van der Waals surface area contributed by atoms with Crippen molar-refractivity contribution in [1.29, 1.82) is 5.26 Å². The summed E-state index contributed by atoms with van der Waals surface area (Å²) in [6, 6.07) is 5.03. The first kappa shape index (κ1) is 16.1. The number of halogens is 3. The quantitative estimate of drug-likeness (QED) is 0.899. The molecule has 1 saturated heterocycles. The van der Waals surface area contributed by atoms with Crippen LogP contribution < -0.4 is 10.2 Å². The first-order chi connectivity index (χ1) is 10.4. The van der Waals surface area contributed by atoms with E-state index in [0.717, 1.165) is 12.1 Å². The van der Waals surface area contributed by atoms with Gasteiger partial charge >= 0.3 is 6.18 Å². The third kappa shape index (κ3) is 3.31. The molecule has 8 heteroatoms.